The Hall–Kier alpha value is -2.06. The van der Waals surface area contributed by atoms with Crippen molar-refractivity contribution in [1.82, 2.24) is 5.32 Å². The molecule has 0 spiro atoms. The van der Waals surface area contributed by atoms with Gasteiger partial charge in [0, 0.05) is 6.42 Å². The molecule has 9 heteroatoms. The van der Waals surface area contributed by atoms with Crippen molar-refractivity contribution in [1.29, 1.82) is 0 Å². The van der Waals surface area contributed by atoms with Gasteiger partial charge in [-0.25, -0.2) is 0 Å². The monoisotopic (exact) mass is 1130 g/mol. The number of aliphatic hydroxyl groups excluding tert-OH is 1. The summed E-state index contributed by atoms with van der Waals surface area (Å²) in [6.07, 6.45) is 84.5. The quantitative estimate of drug-likeness (QED) is 0.0272. The maximum absolute atomic E-state index is 13.0. The van der Waals surface area contributed by atoms with Gasteiger partial charge < -0.3 is 28.8 Å². The van der Waals surface area contributed by atoms with Gasteiger partial charge in [-0.05, 0) is 70.6 Å². The molecule has 79 heavy (non-hydrogen) atoms. The Morgan fingerprint density at radius 3 is 1.18 bits per heavy atom. The molecule has 0 aromatic carbocycles. The number of unbranched alkanes of at least 4 members (excludes halogenated alkanes) is 39. The standard InChI is InChI=1S/C70H131N2O6P/c1-6-8-10-12-14-16-18-20-22-24-26-28-30-32-33-34-35-36-37-38-40-41-43-45-47-49-51-53-55-57-59-61-63-69(73)68(67-78-79(75,76)77-66-65-72(3,4)5)71-70(74)64-62-60-58-56-54-52-50-48-46-44-42-39-31-29-27-25-23-21-19-17-15-13-11-9-7-2/h9,11,15,17,21,23,27,29,53,55,61,63,68-69,73H,6-8,10,12-14,16,18-20,22,24-26,28,30-52,54,56-60,62,64-67H2,1-5H3,(H-,71,74,75,76)/b11-9-,17-15-,23-21-,29-27-,55-53+,63-61+. The molecule has 0 bridgehead atoms. The average molecular weight is 1130 g/mol. The minimum absolute atomic E-state index is 0.00874. The van der Waals surface area contributed by atoms with E-state index in [9.17, 15) is 19.4 Å². The average Bonchev–Trinajstić information content (AvgIpc) is 3.42. The highest BCUT2D eigenvalue weighted by atomic mass is 31.2. The molecule has 0 saturated carbocycles. The van der Waals surface area contributed by atoms with Crippen LogP contribution in [0, 0.1) is 0 Å². The van der Waals surface area contributed by atoms with Gasteiger partial charge in [-0.1, -0.05) is 311 Å². The molecule has 0 fully saturated rings. The Balaban J connectivity index is 4.12. The van der Waals surface area contributed by atoms with Crippen molar-refractivity contribution in [3.8, 4) is 0 Å². The predicted molar refractivity (Wildman–Crippen MR) is 344 cm³/mol. The van der Waals surface area contributed by atoms with E-state index in [2.05, 4.69) is 79.9 Å². The second-order valence-electron chi connectivity index (χ2n) is 24.1. The third kappa shape index (κ3) is 63.4. The van der Waals surface area contributed by atoms with E-state index >= 15 is 0 Å². The van der Waals surface area contributed by atoms with Crippen molar-refractivity contribution < 1.29 is 32.9 Å². The molecule has 0 aromatic rings. The number of quaternary nitrogens is 1. The molecule has 0 radical (unpaired) electrons. The molecule has 3 atom stereocenters. The number of rotatable bonds is 62. The van der Waals surface area contributed by atoms with Crippen LogP contribution in [0.25, 0.3) is 0 Å². The molecule has 0 rings (SSSR count). The lowest BCUT2D eigenvalue weighted by molar-refractivity contribution is -0.870. The van der Waals surface area contributed by atoms with Crippen LogP contribution in [0.5, 0.6) is 0 Å². The van der Waals surface area contributed by atoms with Gasteiger partial charge in [-0.15, -0.1) is 0 Å². The lowest BCUT2D eigenvalue weighted by Gasteiger charge is -2.29. The minimum Gasteiger partial charge on any atom is -0.756 e. The largest absolute Gasteiger partial charge is 0.756 e. The molecule has 0 saturated heterocycles. The third-order valence-corrected chi connectivity index (χ3v) is 16.1. The number of amides is 1. The Morgan fingerprint density at radius 2 is 0.785 bits per heavy atom. The number of phosphoric ester groups is 1. The van der Waals surface area contributed by atoms with Gasteiger partial charge in [0.25, 0.3) is 7.82 Å². The Labute approximate surface area is 491 Å². The number of hydrogen-bond donors (Lipinski definition) is 2. The van der Waals surface area contributed by atoms with Crippen LogP contribution in [0.15, 0.2) is 72.9 Å². The summed E-state index contributed by atoms with van der Waals surface area (Å²) in [5.41, 5.74) is 0. The summed E-state index contributed by atoms with van der Waals surface area (Å²) in [5.74, 6) is -0.208. The molecule has 0 heterocycles. The summed E-state index contributed by atoms with van der Waals surface area (Å²) >= 11 is 0. The molecule has 0 aliphatic carbocycles. The highest BCUT2D eigenvalue weighted by Crippen LogP contribution is 2.38. The third-order valence-electron chi connectivity index (χ3n) is 15.2. The summed E-state index contributed by atoms with van der Waals surface area (Å²) in [6, 6.07) is -0.910. The van der Waals surface area contributed by atoms with Gasteiger partial charge in [0.15, 0.2) is 0 Å². The zero-order valence-corrected chi connectivity index (χ0v) is 53.7. The number of aliphatic hydroxyl groups is 1. The lowest BCUT2D eigenvalue weighted by atomic mass is 10.0. The number of carbonyl (C=O) groups excluding carboxylic acids is 1. The van der Waals surface area contributed by atoms with Crippen molar-refractivity contribution in [2.24, 2.45) is 0 Å². The lowest BCUT2D eigenvalue weighted by Crippen LogP contribution is -2.45. The van der Waals surface area contributed by atoms with Crippen LogP contribution in [-0.4, -0.2) is 68.5 Å². The summed E-state index contributed by atoms with van der Waals surface area (Å²) in [7, 11) is 1.24. The van der Waals surface area contributed by atoms with E-state index in [0.717, 1.165) is 64.2 Å². The number of phosphoric acid groups is 1. The summed E-state index contributed by atoms with van der Waals surface area (Å²) < 4.78 is 23.4. The molecule has 8 nitrogen and oxygen atoms in total. The van der Waals surface area contributed by atoms with Crippen molar-refractivity contribution in [2.75, 3.05) is 40.9 Å². The summed E-state index contributed by atoms with van der Waals surface area (Å²) in [5, 5.41) is 13.9. The smallest absolute Gasteiger partial charge is 0.268 e. The summed E-state index contributed by atoms with van der Waals surface area (Å²) in [6.45, 7) is 4.55. The maximum Gasteiger partial charge on any atom is 0.268 e. The van der Waals surface area contributed by atoms with Crippen LogP contribution in [-0.2, 0) is 18.4 Å². The second-order valence-corrected chi connectivity index (χ2v) is 25.6. The molecular weight excluding hydrogens is 996 g/mol. The first-order valence-electron chi connectivity index (χ1n) is 33.8. The fourth-order valence-electron chi connectivity index (χ4n) is 9.93. The number of carbonyl (C=O) groups is 1. The van der Waals surface area contributed by atoms with Crippen molar-refractivity contribution >= 4 is 13.7 Å². The van der Waals surface area contributed by atoms with E-state index in [1.165, 1.54) is 231 Å². The molecule has 0 aliphatic heterocycles. The highest BCUT2D eigenvalue weighted by Gasteiger charge is 2.23. The molecule has 462 valence electrons. The number of likely N-dealkylation sites (N-methyl/N-ethyl adjacent to an activating group) is 1. The number of nitrogens with zero attached hydrogens (tertiary/aromatic N) is 1. The van der Waals surface area contributed by atoms with E-state index < -0.39 is 26.6 Å². The molecular formula is C70H131N2O6P. The van der Waals surface area contributed by atoms with E-state index in [1.807, 2.05) is 27.2 Å². The van der Waals surface area contributed by atoms with Gasteiger partial charge in [0.2, 0.25) is 5.91 Å². The van der Waals surface area contributed by atoms with Crippen molar-refractivity contribution in [2.45, 2.75) is 328 Å². The van der Waals surface area contributed by atoms with Gasteiger partial charge in [0.05, 0.1) is 39.9 Å². The van der Waals surface area contributed by atoms with E-state index in [-0.39, 0.29) is 12.5 Å². The molecule has 1 amide bonds. The molecule has 0 aliphatic rings. The van der Waals surface area contributed by atoms with Crippen LogP contribution in [0.4, 0.5) is 0 Å². The Kier molecular flexibility index (Phi) is 59.0. The van der Waals surface area contributed by atoms with E-state index in [0.29, 0.717) is 17.4 Å². The van der Waals surface area contributed by atoms with Gasteiger partial charge >= 0.3 is 0 Å². The van der Waals surface area contributed by atoms with Crippen LogP contribution >= 0.6 is 7.82 Å². The molecule has 3 unspecified atom stereocenters. The Bertz CT molecular complexity index is 1520. The molecule has 2 N–H and O–H groups in total. The number of nitrogens with one attached hydrogen (secondary N) is 1. The summed E-state index contributed by atoms with van der Waals surface area (Å²) in [4.78, 5) is 25.6. The van der Waals surface area contributed by atoms with E-state index in [1.54, 1.807) is 6.08 Å². The van der Waals surface area contributed by atoms with E-state index in [4.69, 9.17) is 9.05 Å². The molecule has 0 aromatic heterocycles. The second kappa shape index (κ2) is 60.5. The van der Waals surface area contributed by atoms with Crippen molar-refractivity contribution in [3.05, 3.63) is 72.9 Å². The first-order valence-corrected chi connectivity index (χ1v) is 35.3. The maximum atomic E-state index is 13.0. The first-order chi connectivity index (χ1) is 38.5. The minimum atomic E-state index is -4.61. The van der Waals surface area contributed by atoms with Crippen molar-refractivity contribution in [3.63, 3.8) is 0 Å². The zero-order valence-electron chi connectivity index (χ0n) is 52.8. The van der Waals surface area contributed by atoms with Crippen LogP contribution in [0.3, 0.4) is 0 Å². The zero-order chi connectivity index (χ0) is 57.7. The SMILES string of the molecule is CC/C=C\C/C=C\C/C=C\C/C=C\CCCCCCCCCCCCCCC(=O)NC(COP(=O)([O-])OCC[N+](C)(C)C)C(O)/C=C/CC/C=C/CCCCCCCCCCCCCCCCCCCCCCCCCCCC. The normalized spacial score (nSPS) is 14.2. The first kappa shape index (κ1) is 76.9. The number of hydrogen-bond acceptors (Lipinski definition) is 6. The van der Waals surface area contributed by atoms with Gasteiger partial charge in [0.1, 0.15) is 13.2 Å². The Morgan fingerprint density at radius 1 is 0.456 bits per heavy atom. The highest BCUT2D eigenvalue weighted by molar-refractivity contribution is 7.45. The van der Waals surface area contributed by atoms with Crippen LogP contribution < -0.4 is 10.2 Å². The van der Waals surface area contributed by atoms with Crippen LogP contribution in [0.1, 0.15) is 316 Å². The van der Waals surface area contributed by atoms with Crippen LogP contribution in [0.2, 0.25) is 0 Å². The fraction of sp³-hybridized carbons (Fsp3) is 0.814. The topological polar surface area (TPSA) is 108 Å². The fourth-order valence-corrected chi connectivity index (χ4v) is 10.7. The predicted octanol–water partition coefficient (Wildman–Crippen LogP) is 20.8. The van der Waals surface area contributed by atoms with Gasteiger partial charge in [-0.3, -0.25) is 9.36 Å². The number of allylic oxidation sites excluding steroid dienone is 11. The van der Waals surface area contributed by atoms with Gasteiger partial charge in [-0.2, -0.15) is 0 Å².